The van der Waals surface area contributed by atoms with Gasteiger partial charge in [-0.05, 0) is 70.4 Å². The molecule has 2 atom stereocenters. The molecule has 0 saturated carbocycles. The van der Waals surface area contributed by atoms with Crippen molar-refractivity contribution in [3.05, 3.63) is 24.2 Å². The van der Waals surface area contributed by atoms with Crippen LogP contribution in [0, 0.1) is 0 Å². The van der Waals surface area contributed by atoms with E-state index in [1.165, 1.54) is 58.0 Å². The summed E-state index contributed by atoms with van der Waals surface area (Å²) in [6.07, 6.45) is 11.1. The Balaban J connectivity index is 0.00000240. The van der Waals surface area contributed by atoms with Crippen LogP contribution in [0.2, 0.25) is 0 Å². The molecule has 0 spiro atoms. The third-order valence-corrected chi connectivity index (χ3v) is 6.74. The highest BCUT2D eigenvalue weighted by Gasteiger charge is 2.31. The van der Waals surface area contributed by atoms with Crippen LogP contribution in [-0.4, -0.2) is 79.6 Å². The summed E-state index contributed by atoms with van der Waals surface area (Å²) in [4.78, 5) is 12.3. The molecule has 0 amide bonds. The molecule has 1 N–H and O–H groups in total. The minimum atomic E-state index is 0. The molecule has 3 aliphatic heterocycles. The molecule has 6 nitrogen and oxygen atoms in total. The maximum absolute atomic E-state index is 5.79. The molecule has 0 bridgehead atoms. The van der Waals surface area contributed by atoms with Crippen LogP contribution in [0.25, 0.3) is 0 Å². The van der Waals surface area contributed by atoms with Gasteiger partial charge in [-0.3, -0.25) is 14.8 Å². The van der Waals surface area contributed by atoms with Gasteiger partial charge >= 0.3 is 0 Å². The molecule has 1 aromatic heterocycles. The summed E-state index contributed by atoms with van der Waals surface area (Å²) in [5, 5.41) is 3.68. The van der Waals surface area contributed by atoms with Gasteiger partial charge in [0, 0.05) is 32.7 Å². The summed E-state index contributed by atoms with van der Waals surface area (Å²) in [6, 6.07) is 5.10. The SMILES string of the molecule is CN=C(NCC(c1ccco1)N1CCCCC1)N1CCC(N2CCCCC2)C1.I. The topological polar surface area (TPSA) is 47.3 Å². The smallest absolute Gasteiger partial charge is 0.193 e. The van der Waals surface area contributed by atoms with Crippen molar-refractivity contribution in [2.45, 2.75) is 57.0 Å². The number of aliphatic imine (C=N–C) groups is 1. The van der Waals surface area contributed by atoms with E-state index in [4.69, 9.17) is 4.42 Å². The molecule has 3 aliphatic rings. The minimum Gasteiger partial charge on any atom is -0.468 e. The molecule has 3 saturated heterocycles. The number of nitrogens with zero attached hydrogens (tertiary/aromatic N) is 4. The monoisotopic (exact) mass is 515 g/mol. The van der Waals surface area contributed by atoms with Crippen molar-refractivity contribution in [1.82, 2.24) is 20.0 Å². The number of likely N-dealkylation sites (tertiary alicyclic amines) is 3. The first-order valence-electron chi connectivity index (χ1n) is 11.3. The normalized spacial score (nSPS) is 25.6. The largest absolute Gasteiger partial charge is 0.468 e. The number of halogens is 1. The lowest BCUT2D eigenvalue weighted by Gasteiger charge is -2.35. The van der Waals surface area contributed by atoms with Gasteiger partial charge in [-0.15, -0.1) is 24.0 Å². The van der Waals surface area contributed by atoms with E-state index in [0.717, 1.165) is 44.4 Å². The number of guanidine groups is 1. The van der Waals surface area contributed by atoms with Gasteiger partial charge in [-0.2, -0.15) is 0 Å². The highest BCUT2D eigenvalue weighted by molar-refractivity contribution is 14.0. The molecular formula is C22H38IN5O. The van der Waals surface area contributed by atoms with Crippen LogP contribution in [0.5, 0.6) is 0 Å². The van der Waals surface area contributed by atoms with E-state index in [1.807, 2.05) is 13.1 Å². The van der Waals surface area contributed by atoms with E-state index in [2.05, 4.69) is 31.1 Å². The van der Waals surface area contributed by atoms with Crippen LogP contribution in [0.1, 0.15) is 56.7 Å². The summed E-state index contributed by atoms with van der Waals surface area (Å²) < 4.78 is 5.79. The first-order valence-corrected chi connectivity index (χ1v) is 11.3. The zero-order valence-electron chi connectivity index (χ0n) is 17.9. The van der Waals surface area contributed by atoms with Crippen LogP contribution >= 0.6 is 24.0 Å². The Kier molecular flexibility index (Phi) is 9.11. The fraction of sp³-hybridized carbons (Fsp3) is 0.773. The number of rotatable bonds is 5. The lowest BCUT2D eigenvalue weighted by Crippen LogP contribution is -2.47. The molecule has 164 valence electrons. The van der Waals surface area contributed by atoms with Crippen molar-refractivity contribution in [1.29, 1.82) is 0 Å². The molecule has 0 aromatic carbocycles. The maximum atomic E-state index is 5.79. The van der Waals surface area contributed by atoms with E-state index in [9.17, 15) is 0 Å². The predicted molar refractivity (Wildman–Crippen MR) is 129 cm³/mol. The molecule has 0 radical (unpaired) electrons. The Morgan fingerprint density at radius 2 is 1.83 bits per heavy atom. The summed E-state index contributed by atoms with van der Waals surface area (Å²) >= 11 is 0. The van der Waals surface area contributed by atoms with Crippen LogP contribution < -0.4 is 5.32 Å². The average molecular weight is 515 g/mol. The van der Waals surface area contributed by atoms with Gasteiger partial charge in [0.25, 0.3) is 0 Å². The van der Waals surface area contributed by atoms with Crippen LogP contribution in [0.3, 0.4) is 0 Å². The Hall–Kier alpha value is -0.800. The van der Waals surface area contributed by atoms with Crippen LogP contribution in [0.15, 0.2) is 27.8 Å². The first kappa shape index (κ1) is 22.9. The lowest BCUT2D eigenvalue weighted by atomic mass is 10.1. The average Bonchev–Trinajstić information content (AvgIpc) is 3.45. The zero-order chi connectivity index (χ0) is 19.2. The molecule has 0 aliphatic carbocycles. The van der Waals surface area contributed by atoms with Gasteiger partial charge in [-0.25, -0.2) is 0 Å². The summed E-state index contributed by atoms with van der Waals surface area (Å²) in [6.45, 7) is 7.94. The molecular weight excluding hydrogens is 477 g/mol. The third-order valence-electron chi connectivity index (χ3n) is 6.74. The molecule has 3 fully saturated rings. The Morgan fingerprint density at radius 1 is 1.10 bits per heavy atom. The number of piperidine rings is 2. The Bertz CT molecular complexity index is 611. The van der Waals surface area contributed by atoms with Crippen molar-refractivity contribution in [2.24, 2.45) is 4.99 Å². The van der Waals surface area contributed by atoms with Gasteiger partial charge in [-0.1, -0.05) is 12.8 Å². The number of nitrogens with one attached hydrogen (secondary N) is 1. The standard InChI is InChI=1S/C22H37N5O.HI/c1-23-22(27-15-10-19(18-27)25-11-4-2-5-12-25)24-17-20(21-9-8-16-28-21)26-13-6-3-7-14-26;/h8-9,16,19-20H,2-7,10-15,17-18H2,1H3,(H,23,24);1H. The predicted octanol–water partition coefficient (Wildman–Crippen LogP) is 3.56. The molecule has 1 aromatic rings. The van der Waals surface area contributed by atoms with Gasteiger partial charge in [0.1, 0.15) is 5.76 Å². The van der Waals surface area contributed by atoms with Gasteiger partial charge in [0.2, 0.25) is 0 Å². The second-order valence-corrected chi connectivity index (χ2v) is 8.54. The summed E-state index contributed by atoms with van der Waals surface area (Å²) in [5.41, 5.74) is 0. The van der Waals surface area contributed by atoms with Gasteiger partial charge < -0.3 is 14.6 Å². The number of hydrogen-bond donors (Lipinski definition) is 1. The highest BCUT2D eigenvalue weighted by Crippen LogP contribution is 2.25. The molecule has 7 heteroatoms. The van der Waals surface area contributed by atoms with Crippen LogP contribution in [0.4, 0.5) is 0 Å². The van der Waals surface area contributed by atoms with Gasteiger partial charge in [0.05, 0.1) is 12.3 Å². The highest BCUT2D eigenvalue weighted by atomic mass is 127. The molecule has 4 heterocycles. The van der Waals surface area contributed by atoms with E-state index >= 15 is 0 Å². The molecule has 29 heavy (non-hydrogen) atoms. The van der Waals surface area contributed by atoms with E-state index in [0.29, 0.717) is 6.04 Å². The number of hydrogen-bond acceptors (Lipinski definition) is 4. The van der Waals surface area contributed by atoms with Crippen molar-refractivity contribution in [3.8, 4) is 0 Å². The van der Waals surface area contributed by atoms with E-state index < -0.39 is 0 Å². The molecule has 2 unspecified atom stereocenters. The van der Waals surface area contributed by atoms with Crippen LogP contribution in [-0.2, 0) is 0 Å². The van der Waals surface area contributed by atoms with Crippen molar-refractivity contribution < 1.29 is 4.42 Å². The fourth-order valence-electron chi connectivity index (χ4n) is 5.16. The van der Waals surface area contributed by atoms with Crippen molar-refractivity contribution in [3.63, 3.8) is 0 Å². The molecule has 4 rings (SSSR count). The second kappa shape index (κ2) is 11.6. The first-order chi connectivity index (χ1) is 13.8. The summed E-state index contributed by atoms with van der Waals surface area (Å²) in [5.74, 6) is 2.12. The van der Waals surface area contributed by atoms with Crippen molar-refractivity contribution >= 4 is 29.9 Å². The van der Waals surface area contributed by atoms with Crippen molar-refractivity contribution in [2.75, 3.05) is 52.9 Å². The van der Waals surface area contributed by atoms with E-state index in [1.54, 1.807) is 6.26 Å². The fourth-order valence-corrected chi connectivity index (χ4v) is 5.16. The maximum Gasteiger partial charge on any atom is 0.193 e. The Morgan fingerprint density at radius 3 is 2.48 bits per heavy atom. The second-order valence-electron chi connectivity index (χ2n) is 8.54. The van der Waals surface area contributed by atoms with E-state index in [-0.39, 0.29) is 30.0 Å². The quantitative estimate of drug-likeness (QED) is 0.369. The lowest BCUT2D eigenvalue weighted by molar-refractivity contribution is 0.145. The zero-order valence-corrected chi connectivity index (χ0v) is 20.2. The summed E-state index contributed by atoms with van der Waals surface area (Å²) in [7, 11) is 1.92. The minimum absolute atomic E-state index is 0. The number of furan rings is 1. The third kappa shape index (κ3) is 5.88. The Labute approximate surface area is 193 Å². The van der Waals surface area contributed by atoms with Gasteiger partial charge in [0.15, 0.2) is 5.96 Å².